The van der Waals surface area contributed by atoms with Crippen LogP contribution in [0.15, 0.2) is 0 Å². The molecule has 1 amide bonds. The van der Waals surface area contributed by atoms with Crippen molar-refractivity contribution in [1.29, 1.82) is 0 Å². The van der Waals surface area contributed by atoms with Crippen molar-refractivity contribution in [2.75, 3.05) is 20.1 Å². The first-order chi connectivity index (χ1) is 8.97. The number of piperidine rings is 1. The Morgan fingerprint density at radius 2 is 2.00 bits per heavy atom. The van der Waals surface area contributed by atoms with Gasteiger partial charge >= 0.3 is 0 Å². The highest BCUT2D eigenvalue weighted by atomic mass is 16.2. The van der Waals surface area contributed by atoms with Gasteiger partial charge in [0, 0.05) is 18.6 Å². The molecule has 5 unspecified atom stereocenters. The van der Waals surface area contributed by atoms with Crippen molar-refractivity contribution in [3.8, 4) is 0 Å². The molecular weight excluding hydrogens is 238 g/mol. The summed E-state index contributed by atoms with van der Waals surface area (Å²) in [6, 6.07) is 0.380. The summed E-state index contributed by atoms with van der Waals surface area (Å²) < 4.78 is 0. The molecule has 5 atom stereocenters. The van der Waals surface area contributed by atoms with E-state index < -0.39 is 0 Å². The molecule has 1 aliphatic heterocycles. The molecule has 1 heterocycles. The Morgan fingerprint density at radius 1 is 1.26 bits per heavy atom. The van der Waals surface area contributed by atoms with E-state index in [0.717, 1.165) is 38.8 Å². The fourth-order valence-corrected chi connectivity index (χ4v) is 3.56. The van der Waals surface area contributed by atoms with Crippen LogP contribution in [0.25, 0.3) is 0 Å². The van der Waals surface area contributed by atoms with E-state index in [1.54, 1.807) is 0 Å². The smallest absolute Gasteiger partial charge is 0.224 e. The summed E-state index contributed by atoms with van der Waals surface area (Å²) in [5.74, 6) is 1.38. The minimum atomic E-state index is 0.0237. The minimum absolute atomic E-state index is 0.0237. The summed E-state index contributed by atoms with van der Waals surface area (Å²) in [5.41, 5.74) is 6.13. The van der Waals surface area contributed by atoms with E-state index in [0.29, 0.717) is 17.9 Å². The molecule has 2 fully saturated rings. The van der Waals surface area contributed by atoms with E-state index >= 15 is 0 Å². The van der Waals surface area contributed by atoms with Gasteiger partial charge in [-0.2, -0.15) is 0 Å². The van der Waals surface area contributed by atoms with Gasteiger partial charge in [-0.1, -0.05) is 13.8 Å². The zero-order valence-electron chi connectivity index (χ0n) is 12.6. The van der Waals surface area contributed by atoms with Crippen LogP contribution in [-0.2, 0) is 4.79 Å². The van der Waals surface area contributed by atoms with E-state index in [2.05, 4.69) is 31.1 Å². The van der Waals surface area contributed by atoms with Crippen LogP contribution in [0.2, 0.25) is 0 Å². The van der Waals surface area contributed by atoms with E-state index in [9.17, 15) is 4.79 Å². The highest BCUT2D eigenvalue weighted by Crippen LogP contribution is 2.28. The van der Waals surface area contributed by atoms with Crippen LogP contribution in [-0.4, -0.2) is 43.0 Å². The standard InChI is InChI=1S/C15H29N3O/c1-10-4-5-13(16)12(8-10)15(19)17-14-6-7-18(3)9-11(14)2/h10-14H,4-9,16H2,1-3H3,(H,17,19). The Kier molecular flexibility index (Phi) is 4.85. The van der Waals surface area contributed by atoms with Crippen LogP contribution < -0.4 is 11.1 Å². The van der Waals surface area contributed by atoms with Crippen molar-refractivity contribution >= 4 is 5.91 Å². The van der Waals surface area contributed by atoms with Crippen LogP contribution in [0.4, 0.5) is 0 Å². The maximum absolute atomic E-state index is 12.4. The highest BCUT2D eigenvalue weighted by molar-refractivity contribution is 5.79. The number of likely N-dealkylation sites (tertiary alicyclic amines) is 1. The first kappa shape index (κ1) is 14.8. The van der Waals surface area contributed by atoms with Gasteiger partial charge in [0.2, 0.25) is 5.91 Å². The molecule has 2 aliphatic rings. The second kappa shape index (κ2) is 6.23. The molecule has 0 bridgehead atoms. The van der Waals surface area contributed by atoms with E-state index in [4.69, 9.17) is 5.73 Å². The van der Waals surface area contributed by atoms with Crippen LogP contribution in [0.5, 0.6) is 0 Å². The van der Waals surface area contributed by atoms with Gasteiger partial charge in [0.25, 0.3) is 0 Å². The molecule has 4 nitrogen and oxygen atoms in total. The van der Waals surface area contributed by atoms with Gasteiger partial charge in [0.15, 0.2) is 0 Å². The summed E-state index contributed by atoms with van der Waals surface area (Å²) in [6.45, 7) is 6.59. The first-order valence-corrected chi connectivity index (χ1v) is 7.72. The second-order valence-electron chi connectivity index (χ2n) is 6.83. The minimum Gasteiger partial charge on any atom is -0.353 e. The monoisotopic (exact) mass is 267 g/mol. The van der Waals surface area contributed by atoms with Crippen molar-refractivity contribution in [3.05, 3.63) is 0 Å². The van der Waals surface area contributed by atoms with Crippen molar-refractivity contribution in [3.63, 3.8) is 0 Å². The zero-order valence-corrected chi connectivity index (χ0v) is 12.6. The number of nitrogens with one attached hydrogen (secondary N) is 1. The first-order valence-electron chi connectivity index (χ1n) is 7.72. The summed E-state index contributed by atoms with van der Waals surface area (Å²) >= 11 is 0. The van der Waals surface area contributed by atoms with Gasteiger partial charge in [-0.25, -0.2) is 0 Å². The maximum Gasteiger partial charge on any atom is 0.224 e. The molecule has 2 rings (SSSR count). The lowest BCUT2D eigenvalue weighted by atomic mass is 9.78. The van der Waals surface area contributed by atoms with E-state index in [-0.39, 0.29) is 17.9 Å². The summed E-state index contributed by atoms with van der Waals surface area (Å²) in [6.07, 6.45) is 4.16. The average Bonchev–Trinajstić information content (AvgIpc) is 2.35. The predicted octanol–water partition coefficient (Wildman–Crippen LogP) is 1.21. The Labute approximate surface area is 117 Å². The number of amides is 1. The van der Waals surface area contributed by atoms with Gasteiger partial charge < -0.3 is 16.0 Å². The van der Waals surface area contributed by atoms with Crippen molar-refractivity contribution < 1.29 is 4.79 Å². The maximum atomic E-state index is 12.4. The average molecular weight is 267 g/mol. The number of carbonyl (C=O) groups is 1. The lowest BCUT2D eigenvalue weighted by Gasteiger charge is -2.37. The number of rotatable bonds is 2. The number of hydrogen-bond donors (Lipinski definition) is 2. The normalized spacial score (nSPS) is 40.9. The zero-order chi connectivity index (χ0) is 14.0. The Morgan fingerprint density at radius 3 is 2.68 bits per heavy atom. The van der Waals surface area contributed by atoms with Gasteiger partial charge in [0.05, 0.1) is 5.92 Å². The molecule has 1 saturated carbocycles. The number of hydrogen-bond acceptors (Lipinski definition) is 3. The van der Waals surface area contributed by atoms with E-state index in [1.807, 2.05) is 0 Å². The molecule has 1 saturated heterocycles. The summed E-state index contributed by atoms with van der Waals surface area (Å²) in [7, 11) is 2.15. The molecule has 4 heteroatoms. The van der Waals surface area contributed by atoms with Crippen molar-refractivity contribution in [2.45, 2.75) is 51.6 Å². The molecule has 0 radical (unpaired) electrons. The lowest BCUT2D eigenvalue weighted by Crippen LogP contribution is -2.53. The third-order valence-corrected chi connectivity index (χ3v) is 4.94. The molecule has 0 aromatic rings. The third-order valence-electron chi connectivity index (χ3n) is 4.94. The summed E-state index contributed by atoms with van der Waals surface area (Å²) in [5, 5.41) is 3.26. The van der Waals surface area contributed by atoms with Crippen molar-refractivity contribution in [1.82, 2.24) is 10.2 Å². The molecule has 19 heavy (non-hydrogen) atoms. The summed E-state index contributed by atoms with van der Waals surface area (Å²) in [4.78, 5) is 14.8. The Bertz CT molecular complexity index is 321. The molecule has 110 valence electrons. The largest absolute Gasteiger partial charge is 0.353 e. The molecule has 1 aliphatic carbocycles. The molecule has 0 spiro atoms. The number of nitrogens with zero attached hydrogens (tertiary/aromatic N) is 1. The van der Waals surface area contributed by atoms with Crippen LogP contribution >= 0.6 is 0 Å². The van der Waals surface area contributed by atoms with Crippen LogP contribution in [0.3, 0.4) is 0 Å². The van der Waals surface area contributed by atoms with Gasteiger partial charge in [-0.05, 0) is 51.1 Å². The van der Waals surface area contributed by atoms with Crippen LogP contribution in [0.1, 0.15) is 39.5 Å². The SMILES string of the molecule is CC1CCC(N)C(C(=O)NC2CCN(C)CC2C)C1. The molecule has 0 aromatic heterocycles. The Balaban J connectivity index is 1.89. The Hall–Kier alpha value is -0.610. The van der Waals surface area contributed by atoms with Gasteiger partial charge in [-0.3, -0.25) is 4.79 Å². The molecule has 3 N–H and O–H groups in total. The fourth-order valence-electron chi connectivity index (χ4n) is 3.56. The number of carbonyl (C=O) groups excluding carboxylic acids is 1. The van der Waals surface area contributed by atoms with Crippen molar-refractivity contribution in [2.24, 2.45) is 23.5 Å². The van der Waals surface area contributed by atoms with Gasteiger partial charge in [0.1, 0.15) is 0 Å². The number of nitrogens with two attached hydrogens (primary N) is 1. The van der Waals surface area contributed by atoms with Crippen LogP contribution in [0, 0.1) is 17.8 Å². The van der Waals surface area contributed by atoms with E-state index in [1.165, 1.54) is 0 Å². The third kappa shape index (κ3) is 3.69. The second-order valence-corrected chi connectivity index (χ2v) is 6.83. The lowest BCUT2D eigenvalue weighted by molar-refractivity contribution is -0.128. The molecule has 0 aromatic carbocycles. The fraction of sp³-hybridized carbons (Fsp3) is 0.933. The molecular formula is C15H29N3O. The highest BCUT2D eigenvalue weighted by Gasteiger charge is 2.34. The topological polar surface area (TPSA) is 58.4 Å². The predicted molar refractivity (Wildman–Crippen MR) is 77.7 cm³/mol. The quantitative estimate of drug-likeness (QED) is 0.790. The van der Waals surface area contributed by atoms with Gasteiger partial charge in [-0.15, -0.1) is 0 Å².